The summed E-state index contributed by atoms with van der Waals surface area (Å²) in [6.07, 6.45) is -4.91. The molecule has 10 rings (SSSR count). The third kappa shape index (κ3) is 11.6. The molecule has 0 saturated heterocycles. The van der Waals surface area contributed by atoms with Crippen LogP contribution in [0, 0.1) is 23.3 Å². The van der Waals surface area contributed by atoms with Crippen molar-refractivity contribution in [3.8, 4) is 63.0 Å². The number of fused-ring (bicyclic) bond motifs is 2. The lowest BCUT2D eigenvalue weighted by Crippen LogP contribution is -2.15. The van der Waals surface area contributed by atoms with Gasteiger partial charge in [-0.25, -0.2) is 37.3 Å². The van der Waals surface area contributed by atoms with Gasteiger partial charge in [-0.2, -0.15) is 36.3 Å². The number of methoxy groups -OCH3 is 1. The number of nitrogens with one attached hydrogen (secondary N) is 1. The van der Waals surface area contributed by atoms with Crippen LogP contribution in [0.4, 0.5) is 43.9 Å². The van der Waals surface area contributed by atoms with Crippen molar-refractivity contribution in [1.82, 2.24) is 39.0 Å². The molecule has 4 aromatic carbocycles. The fraction of sp³-hybridized carbons (Fsp3) is 0.0755. The molecule has 0 aliphatic heterocycles. The number of halogens is 10. The zero-order valence-corrected chi connectivity index (χ0v) is 39.7. The second kappa shape index (κ2) is 21.8. The summed E-state index contributed by atoms with van der Waals surface area (Å²) in [5, 5.41) is -0.0998. The molecular weight excluding hydrogens is 1070 g/mol. The molecule has 0 saturated carbocycles. The number of alkyl halides is 6. The molecule has 0 amide bonds. The van der Waals surface area contributed by atoms with Crippen molar-refractivity contribution < 1.29 is 67.6 Å². The molecule has 1 N–H and O–H groups in total. The van der Waals surface area contributed by atoms with Crippen molar-refractivity contribution in [2.75, 3.05) is 13.7 Å². The number of aromatic amines is 1. The van der Waals surface area contributed by atoms with Crippen LogP contribution in [0.1, 0.15) is 11.1 Å². The summed E-state index contributed by atoms with van der Waals surface area (Å²) in [6, 6.07) is 22.6. The molecule has 400 valence electrons. The van der Waals surface area contributed by atoms with Crippen LogP contribution in [0.2, 0.25) is 0 Å². The minimum Gasteiger partial charge on any atom is -0.466 e. The van der Waals surface area contributed by atoms with Crippen LogP contribution in [-0.2, 0) is 21.9 Å². The zero-order valence-electron chi connectivity index (χ0n) is 39.7. The van der Waals surface area contributed by atoms with E-state index in [4.69, 9.17) is 14.2 Å². The molecule has 6 aromatic heterocycles. The number of esters is 1. The first-order valence-corrected chi connectivity index (χ1v) is 22.5. The van der Waals surface area contributed by atoms with E-state index in [0.29, 0.717) is 12.1 Å². The van der Waals surface area contributed by atoms with E-state index in [9.17, 15) is 63.1 Å². The molecule has 0 aliphatic rings. The summed E-state index contributed by atoms with van der Waals surface area (Å²) < 4.78 is 160. The summed E-state index contributed by atoms with van der Waals surface area (Å²) in [5.41, 5.74) is -3.77. The number of benzene rings is 4. The van der Waals surface area contributed by atoms with Crippen molar-refractivity contribution in [3.05, 3.63) is 212 Å². The number of rotatable bonds is 11. The average Bonchev–Trinajstić information content (AvgIpc) is 3.57. The van der Waals surface area contributed by atoms with Crippen LogP contribution < -0.4 is 30.9 Å². The average molecular weight is 1100 g/mol. The van der Waals surface area contributed by atoms with Gasteiger partial charge in [-0.15, -0.1) is 0 Å². The number of carbonyl (C=O) groups is 1. The van der Waals surface area contributed by atoms with E-state index < -0.39 is 87.8 Å². The lowest BCUT2D eigenvalue weighted by molar-refractivity contribution is -0.143. The van der Waals surface area contributed by atoms with Crippen molar-refractivity contribution in [1.29, 1.82) is 0 Å². The Morgan fingerprint density at radius 2 is 1.09 bits per heavy atom. The Bertz CT molecular complexity index is 4190. The summed E-state index contributed by atoms with van der Waals surface area (Å²) in [5.74, 6) is -5.98. The van der Waals surface area contributed by atoms with Gasteiger partial charge in [0.05, 0.1) is 46.0 Å². The van der Waals surface area contributed by atoms with Gasteiger partial charge in [0.1, 0.15) is 64.2 Å². The Labute approximate surface area is 434 Å². The molecule has 26 heteroatoms. The van der Waals surface area contributed by atoms with E-state index in [2.05, 4.69) is 34.6 Å². The summed E-state index contributed by atoms with van der Waals surface area (Å²) in [4.78, 5) is 70.5. The normalized spacial score (nSPS) is 11.5. The predicted octanol–water partition coefficient (Wildman–Crippen LogP) is 10.7. The maximum atomic E-state index is 14.9. The highest BCUT2D eigenvalue weighted by Crippen LogP contribution is 2.39. The first-order chi connectivity index (χ1) is 37.7. The van der Waals surface area contributed by atoms with E-state index in [1.54, 1.807) is 0 Å². The third-order valence-corrected chi connectivity index (χ3v) is 11.3. The highest BCUT2D eigenvalue weighted by molar-refractivity contribution is 5.85. The van der Waals surface area contributed by atoms with Crippen molar-refractivity contribution in [2.45, 2.75) is 12.4 Å². The van der Waals surface area contributed by atoms with Crippen LogP contribution >= 0.6 is 0 Å². The monoisotopic (exact) mass is 1100 g/mol. The Hall–Kier alpha value is -10.3. The van der Waals surface area contributed by atoms with Gasteiger partial charge in [0.2, 0.25) is 23.2 Å². The lowest BCUT2D eigenvalue weighted by atomic mass is 10.1. The molecule has 16 nitrogen and oxygen atoms in total. The quantitative estimate of drug-likeness (QED) is 0.0950. The number of carbonyl (C=O) groups excluding carboxylic acids is 1. The summed E-state index contributed by atoms with van der Waals surface area (Å²) in [6.45, 7) is -0.494. The van der Waals surface area contributed by atoms with Crippen LogP contribution in [-0.4, -0.2) is 58.7 Å². The van der Waals surface area contributed by atoms with Gasteiger partial charge in [0.25, 0.3) is 11.1 Å². The van der Waals surface area contributed by atoms with Gasteiger partial charge >= 0.3 is 18.3 Å². The maximum Gasteiger partial charge on any atom is 0.421 e. The van der Waals surface area contributed by atoms with Gasteiger partial charge in [0.15, 0.2) is 6.61 Å². The topological polar surface area (TPSA) is 195 Å². The van der Waals surface area contributed by atoms with Gasteiger partial charge in [-0.3, -0.25) is 23.5 Å². The van der Waals surface area contributed by atoms with Crippen LogP contribution in [0.15, 0.2) is 161 Å². The molecule has 6 heterocycles. The second-order valence-electron chi connectivity index (χ2n) is 16.3. The highest BCUT2D eigenvalue weighted by atomic mass is 19.4. The first kappa shape index (κ1) is 53.6. The Kier molecular flexibility index (Phi) is 14.8. The number of hydrogen-bond donors (Lipinski definition) is 1. The van der Waals surface area contributed by atoms with Crippen molar-refractivity contribution in [3.63, 3.8) is 0 Å². The van der Waals surface area contributed by atoms with Crippen molar-refractivity contribution in [2.24, 2.45) is 0 Å². The smallest absolute Gasteiger partial charge is 0.421 e. The third-order valence-electron chi connectivity index (χ3n) is 11.3. The van der Waals surface area contributed by atoms with Gasteiger partial charge in [-0.05, 0) is 97.1 Å². The largest absolute Gasteiger partial charge is 0.466 e. The highest BCUT2D eigenvalue weighted by Gasteiger charge is 2.36. The Balaban J connectivity index is 0.000000193. The van der Waals surface area contributed by atoms with Crippen LogP contribution in [0.3, 0.4) is 0 Å². The van der Waals surface area contributed by atoms with E-state index in [-0.39, 0.29) is 73.1 Å². The summed E-state index contributed by atoms with van der Waals surface area (Å²) >= 11 is 0. The molecule has 0 fully saturated rings. The molecular formula is C53H30F10N8O8. The molecule has 10 aromatic rings. The number of ether oxygens (including phenoxy) is 4. The number of aromatic nitrogens is 8. The number of H-pyrrole nitrogens is 1. The van der Waals surface area contributed by atoms with E-state index in [1.165, 1.54) is 69.8 Å². The minimum atomic E-state index is -4.74. The summed E-state index contributed by atoms with van der Waals surface area (Å²) in [7, 11) is 1.16. The number of pyridine rings is 4. The lowest BCUT2D eigenvalue weighted by Gasteiger charge is -2.17. The molecule has 0 spiro atoms. The van der Waals surface area contributed by atoms with E-state index in [0.717, 1.165) is 80.7 Å². The minimum absolute atomic E-state index is 0.0135. The van der Waals surface area contributed by atoms with Gasteiger partial charge < -0.3 is 23.9 Å². The molecule has 79 heavy (non-hydrogen) atoms. The molecule has 0 atom stereocenters. The fourth-order valence-electron chi connectivity index (χ4n) is 7.73. The van der Waals surface area contributed by atoms with Gasteiger partial charge in [-0.1, -0.05) is 0 Å². The van der Waals surface area contributed by atoms with E-state index >= 15 is 0 Å². The molecule has 0 bridgehead atoms. The first-order valence-electron chi connectivity index (χ1n) is 22.5. The second-order valence-corrected chi connectivity index (χ2v) is 16.3. The zero-order chi connectivity index (χ0) is 56.3. The number of hydrogen-bond acceptors (Lipinski definition) is 13. The standard InChI is InChI=1S/C28H17F5N4O5.C25H13F5N4O3/c1-40-24(38)13-41-23-9-8-22(25(36-23)17-6-4-15(29)11-20(17)30)37-14-35-26(39)18-12-16(5-7-21(18)37)42-27-19(28(31,32)33)3-2-10-34-27;26-13-3-5-15(18(27)10-13)22-20(7-8-21(35)33-22)34-12-32-23(36)16-11-14(4-6-19(16)34)37-24-17(25(28,29)30)2-1-9-31-24/h2-12,14H,13H2,1H3;1-12H,(H,33,35). The van der Waals surface area contributed by atoms with Crippen LogP contribution in [0.25, 0.3) is 55.7 Å². The predicted molar refractivity (Wildman–Crippen MR) is 260 cm³/mol. The fourth-order valence-corrected chi connectivity index (χ4v) is 7.73. The van der Waals surface area contributed by atoms with Crippen LogP contribution in [0.5, 0.6) is 29.1 Å². The Morgan fingerprint density at radius 1 is 0.582 bits per heavy atom. The Morgan fingerprint density at radius 3 is 1.59 bits per heavy atom. The molecule has 0 radical (unpaired) electrons. The van der Waals surface area contributed by atoms with Crippen molar-refractivity contribution >= 4 is 27.8 Å². The van der Waals surface area contributed by atoms with E-state index in [1.807, 2.05) is 0 Å². The molecule has 0 unspecified atom stereocenters. The SMILES string of the molecule is COC(=O)COc1ccc(-n2cnc(=O)c3cc(Oc4ncccc4C(F)(F)F)ccc32)c(-c2ccc(F)cc2F)n1.O=c1ccc(-n2cnc(=O)c3cc(Oc4ncccc4C(F)(F)F)ccc32)c(-c2ccc(F)cc2F)[nH]1. The maximum absolute atomic E-state index is 14.9. The van der Waals surface area contributed by atoms with Gasteiger partial charge in [0, 0.05) is 47.8 Å². The molecule has 0 aliphatic carbocycles. The number of nitrogens with zero attached hydrogens (tertiary/aromatic N) is 7.